The summed E-state index contributed by atoms with van der Waals surface area (Å²) in [6.45, 7) is 0.998. The molecule has 0 amide bonds. The van der Waals surface area contributed by atoms with Crippen LogP contribution < -0.4 is 0 Å². The van der Waals surface area contributed by atoms with Crippen molar-refractivity contribution in [2.45, 2.75) is 31.7 Å². The summed E-state index contributed by atoms with van der Waals surface area (Å²) in [5.74, 6) is 1.35. The van der Waals surface area contributed by atoms with Gasteiger partial charge in [-0.05, 0) is 32.2 Å². The maximum Gasteiger partial charge on any atom is 0.142 e. The van der Waals surface area contributed by atoms with E-state index in [2.05, 4.69) is 11.9 Å². The molecule has 1 aliphatic heterocycles. The van der Waals surface area contributed by atoms with Crippen LogP contribution in [0.5, 0.6) is 0 Å². The van der Waals surface area contributed by atoms with E-state index >= 15 is 0 Å². The van der Waals surface area contributed by atoms with Crippen molar-refractivity contribution < 1.29 is 4.79 Å². The minimum absolute atomic E-state index is 0.174. The van der Waals surface area contributed by atoms with Crippen LogP contribution in [-0.4, -0.2) is 30.3 Å². The van der Waals surface area contributed by atoms with Crippen LogP contribution in [0.4, 0.5) is 0 Å². The zero-order valence-corrected chi connectivity index (χ0v) is 7.55. The van der Waals surface area contributed by atoms with Crippen molar-refractivity contribution in [3.63, 3.8) is 0 Å². The predicted molar refractivity (Wildman–Crippen MR) is 45.8 cm³/mol. The predicted octanol–water partition coefficient (Wildman–Crippen LogP) is 1.06. The SMILES string of the molecule is CN1CCC(=O)[C@]23C[C@H]2CC[C@H]13. The number of hydrogen-bond acceptors (Lipinski definition) is 2. The van der Waals surface area contributed by atoms with Gasteiger partial charge >= 0.3 is 0 Å². The van der Waals surface area contributed by atoms with Crippen LogP contribution in [0.15, 0.2) is 0 Å². The van der Waals surface area contributed by atoms with Gasteiger partial charge in [0.2, 0.25) is 0 Å². The molecule has 3 fully saturated rings. The zero-order valence-electron chi connectivity index (χ0n) is 7.55. The van der Waals surface area contributed by atoms with Gasteiger partial charge in [-0.25, -0.2) is 0 Å². The van der Waals surface area contributed by atoms with Gasteiger partial charge in [0.05, 0.1) is 0 Å². The summed E-state index contributed by atoms with van der Waals surface area (Å²) >= 11 is 0. The number of carbonyl (C=O) groups excluding carboxylic acids is 1. The summed E-state index contributed by atoms with van der Waals surface area (Å²) in [5, 5.41) is 0. The molecule has 66 valence electrons. The number of Topliss-reactive ketones (excluding diaryl/α,β-unsaturated/α-hetero) is 1. The standard InChI is InChI=1S/C10H15NO/c1-11-5-4-9(12)10-6-7(10)2-3-8(10)11/h7-8H,2-6H2,1H3/t7-,8+,10-/m1/s1. The summed E-state index contributed by atoms with van der Waals surface area (Å²) < 4.78 is 0. The summed E-state index contributed by atoms with van der Waals surface area (Å²) in [6, 6.07) is 0.615. The fourth-order valence-electron chi connectivity index (χ4n) is 3.54. The third-order valence-electron chi connectivity index (χ3n) is 4.28. The van der Waals surface area contributed by atoms with E-state index < -0.39 is 0 Å². The average molecular weight is 165 g/mol. The van der Waals surface area contributed by atoms with Crippen LogP contribution in [0, 0.1) is 11.3 Å². The molecule has 2 aliphatic carbocycles. The molecule has 2 heteroatoms. The number of piperidine rings is 1. The lowest BCUT2D eigenvalue weighted by atomic mass is 9.86. The summed E-state index contributed by atoms with van der Waals surface area (Å²) in [5.41, 5.74) is 0.174. The van der Waals surface area contributed by atoms with Gasteiger partial charge in [0, 0.05) is 24.4 Å². The van der Waals surface area contributed by atoms with E-state index in [4.69, 9.17) is 0 Å². The van der Waals surface area contributed by atoms with Crippen LogP contribution in [0.2, 0.25) is 0 Å². The molecule has 1 heterocycles. The van der Waals surface area contributed by atoms with E-state index in [1.807, 2.05) is 0 Å². The van der Waals surface area contributed by atoms with E-state index in [9.17, 15) is 4.79 Å². The van der Waals surface area contributed by atoms with E-state index in [-0.39, 0.29) is 5.41 Å². The number of nitrogens with zero attached hydrogens (tertiary/aromatic N) is 1. The van der Waals surface area contributed by atoms with Gasteiger partial charge in [-0.3, -0.25) is 4.79 Å². The first-order chi connectivity index (χ1) is 5.75. The van der Waals surface area contributed by atoms with E-state index in [1.54, 1.807) is 0 Å². The first-order valence-corrected chi connectivity index (χ1v) is 4.98. The lowest BCUT2D eigenvalue weighted by Crippen LogP contribution is -2.47. The Balaban J connectivity index is 1.98. The van der Waals surface area contributed by atoms with Crippen molar-refractivity contribution in [1.29, 1.82) is 0 Å². The molecule has 3 rings (SSSR count). The molecule has 0 bridgehead atoms. The molecule has 0 N–H and O–H groups in total. The highest BCUT2D eigenvalue weighted by Crippen LogP contribution is 2.66. The number of likely N-dealkylation sites (tertiary alicyclic amines) is 1. The zero-order chi connectivity index (χ0) is 8.34. The molecule has 2 saturated carbocycles. The molecule has 3 aliphatic rings. The fraction of sp³-hybridized carbons (Fsp3) is 0.900. The largest absolute Gasteiger partial charge is 0.302 e. The first kappa shape index (κ1) is 7.07. The van der Waals surface area contributed by atoms with Gasteiger partial charge in [-0.1, -0.05) is 0 Å². The number of rotatable bonds is 0. The van der Waals surface area contributed by atoms with Crippen LogP contribution in [0.3, 0.4) is 0 Å². The van der Waals surface area contributed by atoms with Crippen LogP contribution in [0.25, 0.3) is 0 Å². The Morgan fingerprint density at radius 1 is 1.50 bits per heavy atom. The van der Waals surface area contributed by atoms with Gasteiger partial charge in [0.25, 0.3) is 0 Å². The Bertz CT molecular complexity index is 250. The van der Waals surface area contributed by atoms with Gasteiger partial charge in [0.1, 0.15) is 5.78 Å². The highest BCUT2D eigenvalue weighted by Gasteiger charge is 2.68. The molecule has 0 aromatic heterocycles. The van der Waals surface area contributed by atoms with E-state index in [0.717, 1.165) is 18.9 Å². The second-order valence-corrected chi connectivity index (χ2v) is 4.69. The first-order valence-electron chi connectivity index (χ1n) is 4.98. The van der Waals surface area contributed by atoms with Crippen molar-refractivity contribution in [3.05, 3.63) is 0 Å². The van der Waals surface area contributed by atoms with Crippen molar-refractivity contribution in [2.24, 2.45) is 11.3 Å². The molecular formula is C10H15NO. The molecule has 0 aromatic carbocycles. The number of carbonyl (C=O) groups is 1. The smallest absolute Gasteiger partial charge is 0.142 e. The molecule has 1 saturated heterocycles. The minimum atomic E-state index is 0.174. The average Bonchev–Trinajstić information content (AvgIpc) is 2.66. The topological polar surface area (TPSA) is 20.3 Å². The highest BCUT2D eigenvalue weighted by atomic mass is 16.1. The Morgan fingerprint density at radius 3 is 3.00 bits per heavy atom. The quantitative estimate of drug-likeness (QED) is 0.535. The summed E-state index contributed by atoms with van der Waals surface area (Å²) in [6.07, 6.45) is 4.60. The maximum atomic E-state index is 11.8. The van der Waals surface area contributed by atoms with Crippen molar-refractivity contribution in [2.75, 3.05) is 13.6 Å². The Morgan fingerprint density at radius 2 is 2.33 bits per heavy atom. The van der Waals surface area contributed by atoms with Crippen molar-refractivity contribution in [3.8, 4) is 0 Å². The molecule has 0 radical (unpaired) electrons. The van der Waals surface area contributed by atoms with Gasteiger partial charge in [-0.15, -0.1) is 0 Å². The van der Waals surface area contributed by atoms with Crippen LogP contribution in [0.1, 0.15) is 25.7 Å². The van der Waals surface area contributed by atoms with Gasteiger partial charge in [0.15, 0.2) is 0 Å². The second kappa shape index (κ2) is 1.92. The fourth-order valence-corrected chi connectivity index (χ4v) is 3.54. The van der Waals surface area contributed by atoms with Crippen molar-refractivity contribution in [1.82, 2.24) is 4.90 Å². The van der Waals surface area contributed by atoms with Crippen LogP contribution in [-0.2, 0) is 4.79 Å². The molecule has 3 atom stereocenters. The molecule has 0 unspecified atom stereocenters. The number of ketones is 1. The minimum Gasteiger partial charge on any atom is -0.302 e. The lowest BCUT2D eigenvalue weighted by molar-refractivity contribution is -0.130. The van der Waals surface area contributed by atoms with E-state index in [1.165, 1.54) is 19.3 Å². The summed E-state index contributed by atoms with van der Waals surface area (Å²) in [7, 11) is 2.18. The van der Waals surface area contributed by atoms with Crippen LogP contribution >= 0.6 is 0 Å². The number of hydrogen-bond donors (Lipinski definition) is 0. The molecule has 12 heavy (non-hydrogen) atoms. The molecule has 2 nitrogen and oxygen atoms in total. The molecule has 1 spiro atoms. The maximum absolute atomic E-state index is 11.8. The third kappa shape index (κ3) is 0.598. The Labute approximate surface area is 72.9 Å². The van der Waals surface area contributed by atoms with E-state index in [0.29, 0.717) is 11.8 Å². The Kier molecular flexibility index (Phi) is 1.13. The molecule has 0 aromatic rings. The lowest BCUT2D eigenvalue weighted by Gasteiger charge is -2.36. The Hall–Kier alpha value is -0.370. The van der Waals surface area contributed by atoms with Crippen molar-refractivity contribution >= 4 is 5.78 Å². The highest BCUT2D eigenvalue weighted by molar-refractivity contribution is 5.90. The summed E-state index contributed by atoms with van der Waals surface area (Å²) in [4.78, 5) is 14.2. The third-order valence-corrected chi connectivity index (χ3v) is 4.28. The van der Waals surface area contributed by atoms with Gasteiger partial charge in [-0.2, -0.15) is 0 Å². The molecular weight excluding hydrogens is 150 g/mol. The second-order valence-electron chi connectivity index (χ2n) is 4.69. The van der Waals surface area contributed by atoms with Gasteiger partial charge < -0.3 is 4.90 Å². The monoisotopic (exact) mass is 165 g/mol. The normalized spacial score (nSPS) is 51.9.